The van der Waals surface area contributed by atoms with E-state index in [0.717, 1.165) is 37.7 Å². The number of amides is 3. The van der Waals surface area contributed by atoms with E-state index in [0.29, 0.717) is 25.4 Å². The first-order chi connectivity index (χ1) is 10.2. The maximum atomic E-state index is 12.6. The summed E-state index contributed by atoms with van der Waals surface area (Å²) in [6.45, 7) is 3.63. The third-order valence-electron chi connectivity index (χ3n) is 4.22. The van der Waals surface area contributed by atoms with Gasteiger partial charge in [-0.05, 0) is 12.8 Å². The molecule has 3 amide bonds. The molecule has 7 nitrogen and oxygen atoms in total. The average Bonchev–Trinajstić information content (AvgIpc) is 3.15. The zero-order valence-electron chi connectivity index (χ0n) is 11.8. The summed E-state index contributed by atoms with van der Waals surface area (Å²) < 4.78 is 0. The van der Waals surface area contributed by atoms with Crippen molar-refractivity contribution in [2.45, 2.75) is 24.9 Å². The molecule has 0 aromatic heterocycles. The van der Waals surface area contributed by atoms with E-state index in [9.17, 15) is 14.4 Å². The third-order valence-corrected chi connectivity index (χ3v) is 5.10. The molecule has 0 saturated carbocycles. The van der Waals surface area contributed by atoms with Crippen LogP contribution in [0.4, 0.5) is 4.79 Å². The first kappa shape index (κ1) is 14.6. The van der Waals surface area contributed by atoms with Gasteiger partial charge in [0.25, 0.3) is 5.24 Å². The molecule has 2 unspecified atom stereocenters. The highest BCUT2D eigenvalue weighted by molar-refractivity contribution is 8.14. The number of thioether (sulfide) groups is 1. The number of hydrogen-bond donors (Lipinski definition) is 2. The number of rotatable bonds is 2. The van der Waals surface area contributed by atoms with Gasteiger partial charge in [0.15, 0.2) is 0 Å². The normalized spacial score (nSPS) is 29.6. The minimum Gasteiger partial charge on any atom is -0.338 e. The first-order valence-corrected chi connectivity index (χ1v) is 8.38. The van der Waals surface area contributed by atoms with Crippen molar-refractivity contribution in [1.82, 2.24) is 20.4 Å². The van der Waals surface area contributed by atoms with Crippen molar-refractivity contribution < 1.29 is 14.4 Å². The standard InChI is InChI=1S/C13H20N4O3S/c18-11(9-8-21-13(20)15-9)17-5-1-2-10(17)12(19)16-6-3-14-4-7-16/h9-10,14H,1-8H2,(H,15,20). The summed E-state index contributed by atoms with van der Waals surface area (Å²) >= 11 is 1.13. The van der Waals surface area contributed by atoms with E-state index >= 15 is 0 Å². The smallest absolute Gasteiger partial charge is 0.279 e. The molecule has 0 aliphatic carbocycles. The van der Waals surface area contributed by atoms with Gasteiger partial charge in [0, 0.05) is 38.5 Å². The number of carbonyl (C=O) groups is 3. The zero-order chi connectivity index (χ0) is 14.8. The van der Waals surface area contributed by atoms with Crippen LogP contribution in [-0.2, 0) is 9.59 Å². The topological polar surface area (TPSA) is 81.8 Å². The van der Waals surface area contributed by atoms with Crippen LogP contribution in [0.1, 0.15) is 12.8 Å². The summed E-state index contributed by atoms with van der Waals surface area (Å²) in [6.07, 6.45) is 1.57. The minimum atomic E-state index is -0.473. The number of piperazine rings is 1. The molecule has 3 aliphatic rings. The lowest BCUT2D eigenvalue weighted by Gasteiger charge is -2.33. The van der Waals surface area contributed by atoms with Gasteiger partial charge in [-0.25, -0.2) is 0 Å². The van der Waals surface area contributed by atoms with E-state index in [-0.39, 0.29) is 23.1 Å². The fourth-order valence-electron chi connectivity index (χ4n) is 3.10. The lowest BCUT2D eigenvalue weighted by atomic mass is 10.1. The predicted octanol–water partition coefficient (Wildman–Crippen LogP) is -0.766. The van der Waals surface area contributed by atoms with Gasteiger partial charge in [0.05, 0.1) is 0 Å². The molecule has 3 heterocycles. The molecule has 21 heavy (non-hydrogen) atoms. The number of hydrogen-bond acceptors (Lipinski definition) is 5. The number of nitrogens with zero attached hydrogens (tertiary/aromatic N) is 2. The van der Waals surface area contributed by atoms with E-state index in [1.54, 1.807) is 4.90 Å². The van der Waals surface area contributed by atoms with Crippen LogP contribution >= 0.6 is 11.8 Å². The summed E-state index contributed by atoms with van der Waals surface area (Å²) in [5.41, 5.74) is 0. The van der Waals surface area contributed by atoms with Crippen molar-refractivity contribution in [2.24, 2.45) is 0 Å². The highest BCUT2D eigenvalue weighted by atomic mass is 32.2. The van der Waals surface area contributed by atoms with Crippen molar-refractivity contribution in [1.29, 1.82) is 0 Å². The summed E-state index contributed by atoms with van der Waals surface area (Å²) in [5, 5.41) is 5.73. The van der Waals surface area contributed by atoms with Crippen molar-refractivity contribution >= 4 is 28.8 Å². The van der Waals surface area contributed by atoms with Crippen molar-refractivity contribution in [3.05, 3.63) is 0 Å². The Bertz CT molecular complexity index is 453. The van der Waals surface area contributed by atoms with Crippen molar-refractivity contribution in [3.8, 4) is 0 Å². The second-order valence-corrected chi connectivity index (χ2v) is 6.55. The Balaban J connectivity index is 1.65. The second-order valence-electron chi connectivity index (χ2n) is 5.56. The highest BCUT2D eigenvalue weighted by Gasteiger charge is 2.40. The summed E-state index contributed by atoms with van der Waals surface area (Å²) in [4.78, 5) is 39.9. The van der Waals surface area contributed by atoms with Crippen LogP contribution in [-0.4, -0.2) is 77.4 Å². The van der Waals surface area contributed by atoms with E-state index < -0.39 is 6.04 Å². The predicted molar refractivity (Wildman–Crippen MR) is 79.0 cm³/mol. The van der Waals surface area contributed by atoms with Crippen LogP contribution in [0.25, 0.3) is 0 Å². The molecular formula is C13H20N4O3S. The molecule has 3 rings (SSSR count). The summed E-state index contributed by atoms with van der Waals surface area (Å²) in [6, 6.07) is -0.822. The van der Waals surface area contributed by atoms with Gasteiger partial charge in [-0.15, -0.1) is 0 Å². The minimum absolute atomic E-state index is 0.0549. The molecule has 0 bridgehead atoms. The fourth-order valence-corrected chi connectivity index (χ4v) is 3.87. The molecule has 2 N–H and O–H groups in total. The lowest BCUT2D eigenvalue weighted by Crippen LogP contribution is -2.55. The van der Waals surface area contributed by atoms with E-state index in [4.69, 9.17) is 0 Å². The Hall–Kier alpha value is -1.28. The monoisotopic (exact) mass is 312 g/mol. The largest absolute Gasteiger partial charge is 0.338 e. The van der Waals surface area contributed by atoms with Gasteiger partial charge in [0.2, 0.25) is 11.8 Å². The Labute approximate surface area is 127 Å². The van der Waals surface area contributed by atoms with Gasteiger partial charge in [-0.2, -0.15) is 0 Å². The molecule has 0 radical (unpaired) electrons. The van der Waals surface area contributed by atoms with Gasteiger partial charge in [0.1, 0.15) is 12.1 Å². The second kappa shape index (κ2) is 6.23. The summed E-state index contributed by atoms with van der Waals surface area (Å²) in [5.74, 6) is 0.404. The lowest BCUT2D eigenvalue weighted by molar-refractivity contribution is -0.144. The molecule has 3 aliphatic heterocycles. The maximum absolute atomic E-state index is 12.6. The maximum Gasteiger partial charge on any atom is 0.279 e. The van der Waals surface area contributed by atoms with Crippen LogP contribution in [0.15, 0.2) is 0 Å². The van der Waals surface area contributed by atoms with Crippen LogP contribution in [0.3, 0.4) is 0 Å². The SMILES string of the molecule is O=C1NC(C(=O)N2CCCC2C(=O)N2CCNCC2)CS1. The van der Waals surface area contributed by atoms with Crippen molar-refractivity contribution in [3.63, 3.8) is 0 Å². The Morgan fingerprint density at radius 1 is 1.14 bits per heavy atom. The summed E-state index contributed by atoms with van der Waals surface area (Å²) in [7, 11) is 0. The fraction of sp³-hybridized carbons (Fsp3) is 0.769. The van der Waals surface area contributed by atoms with Crippen LogP contribution < -0.4 is 10.6 Å². The number of likely N-dealkylation sites (tertiary alicyclic amines) is 1. The molecule has 8 heteroatoms. The van der Waals surface area contributed by atoms with Gasteiger partial charge in [-0.1, -0.05) is 11.8 Å². The molecule has 3 saturated heterocycles. The molecule has 116 valence electrons. The molecule has 0 aromatic rings. The number of nitrogens with one attached hydrogen (secondary N) is 2. The molecule has 0 spiro atoms. The van der Waals surface area contributed by atoms with Gasteiger partial charge < -0.3 is 20.4 Å². The first-order valence-electron chi connectivity index (χ1n) is 7.40. The van der Waals surface area contributed by atoms with Gasteiger partial charge in [-0.3, -0.25) is 14.4 Å². The van der Waals surface area contributed by atoms with Gasteiger partial charge >= 0.3 is 0 Å². The Morgan fingerprint density at radius 3 is 2.57 bits per heavy atom. The third kappa shape index (κ3) is 3.01. The van der Waals surface area contributed by atoms with E-state index in [2.05, 4.69) is 10.6 Å². The average molecular weight is 312 g/mol. The molecule has 2 atom stereocenters. The van der Waals surface area contributed by atoms with E-state index in [1.165, 1.54) is 0 Å². The van der Waals surface area contributed by atoms with Crippen LogP contribution in [0.5, 0.6) is 0 Å². The molecular weight excluding hydrogens is 292 g/mol. The highest BCUT2D eigenvalue weighted by Crippen LogP contribution is 2.23. The molecule has 3 fully saturated rings. The van der Waals surface area contributed by atoms with E-state index in [1.807, 2.05) is 4.90 Å². The van der Waals surface area contributed by atoms with Crippen LogP contribution in [0, 0.1) is 0 Å². The quantitative estimate of drug-likeness (QED) is 0.700. The Morgan fingerprint density at radius 2 is 1.90 bits per heavy atom. The van der Waals surface area contributed by atoms with Crippen molar-refractivity contribution in [2.75, 3.05) is 38.5 Å². The zero-order valence-corrected chi connectivity index (χ0v) is 12.7. The Kier molecular flexibility index (Phi) is 4.34. The van der Waals surface area contributed by atoms with Crippen LogP contribution in [0.2, 0.25) is 0 Å². The number of carbonyl (C=O) groups excluding carboxylic acids is 3. The molecule has 0 aromatic carbocycles.